The SMILES string of the molecule is C/C(=N\C(=O)Nc1cccc(Cl)c1)C(C)(C)NC(=O)OC(C)C. The van der Waals surface area contributed by atoms with E-state index in [0.717, 1.165) is 0 Å². The van der Waals surface area contributed by atoms with Gasteiger partial charge in [0.05, 0.1) is 11.6 Å². The number of halogens is 1. The quantitative estimate of drug-likeness (QED) is 0.805. The van der Waals surface area contributed by atoms with Crippen LogP contribution in [-0.2, 0) is 4.74 Å². The van der Waals surface area contributed by atoms with Crippen molar-refractivity contribution in [2.24, 2.45) is 4.99 Å². The maximum Gasteiger partial charge on any atom is 0.408 e. The van der Waals surface area contributed by atoms with E-state index in [2.05, 4.69) is 15.6 Å². The fourth-order valence-electron chi connectivity index (χ4n) is 1.60. The highest BCUT2D eigenvalue weighted by atomic mass is 35.5. The van der Waals surface area contributed by atoms with E-state index in [4.69, 9.17) is 16.3 Å². The fourth-order valence-corrected chi connectivity index (χ4v) is 1.79. The summed E-state index contributed by atoms with van der Waals surface area (Å²) in [5.74, 6) is 0. The van der Waals surface area contributed by atoms with Gasteiger partial charge in [0.1, 0.15) is 0 Å². The molecule has 1 aromatic carbocycles. The van der Waals surface area contributed by atoms with Crippen molar-refractivity contribution in [1.29, 1.82) is 0 Å². The van der Waals surface area contributed by atoms with E-state index in [-0.39, 0.29) is 6.10 Å². The van der Waals surface area contributed by atoms with Crippen LogP contribution in [0.3, 0.4) is 0 Å². The number of alkyl carbamates (subject to hydrolysis) is 1. The predicted molar refractivity (Wildman–Crippen MR) is 92.4 cm³/mol. The highest BCUT2D eigenvalue weighted by Crippen LogP contribution is 2.15. The standard InChI is InChI=1S/C16H22ClN3O3/c1-10(2)23-15(22)20-16(4,5)11(3)18-14(21)19-13-8-6-7-12(17)9-13/h6-10H,1-5H3,(H,19,21)(H,20,22)/b18-11+. The third-order valence-electron chi connectivity index (χ3n) is 3.01. The lowest BCUT2D eigenvalue weighted by molar-refractivity contribution is 0.111. The molecule has 1 aromatic rings. The van der Waals surface area contributed by atoms with Crippen molar-refractivity contribution in [3.63, 3.8) is 0 Å². The Morgan fingerprint density at radius 2 is 1.96 bits per heavy atom. The minimum atomic E-state index is -0.822. The molecule has 0 fully saturated rings. The maximum absolute atomic E-state index is 12.0. The minimum Gasteiger partial charge on any atom is -0.447 e. The van der Waals surface area contributed by atoms with Crippen molar-refractivity contribution in [3.05, 3.63) is 29.3 Å². The number of amides is 3. The van der Waals surface area contributed by atoms with Crippen LogP contribution in [0.15, 0.2) is 29.3 Å². The van der Waals surface area contributed by atoms with Crippen molar-refractivity contribution in [3.8, 4) is 0 Å². The number of nitrogens with one attached hydrogen (secondary N) is 2. The number of hydrogen-bond acceptors (Lipinski definition) is 3. The number of carbonyl (C=O) groups is 2. The molecule has 0 atom stereocenters. The molecule has 0 saturated carbocycles. The molecule has 0 unspecified atom stereocenters. The molecule has 7 heteroatoms. The molecule has 0 radical (unpaired) electrons. The van der Waals surface area contributed by atoms with E-state index < -0.39 is 17.7 Å². The monoisotopic (exact) mass is 339 g/mol. The van der Waals surface area contributed by atoms with Crippen molar-refractivity contribution in [2.75, 3.05) is 5.32 Å². The highest BCUT2D eigenvalue weighted by Gasteiger charge is 2.26. The van der Waals surface area contributed by atoms with Gasteiger partial charge in [0.2, 0.25) is 0 Å². The number of aliphatic imine (C=N–C) groups is 1. The number of ether oxygens (including phenoxy) is 1. The lowest BCUT2D eigenvalue weighted by Gasteiger charge is -2.26. The Balaban J connectivity index is 2.73. The van der Waals surface area contributed by atoms with Crippen molar-refractivity contribution < 1.29 is 14.3 Å². The number of rotatable bonds is 4. The topological polar surface area (TPSA) is 79.8 Å². The molecule has 2 N–H and O–H groups in total. The Hall–Kier alpha value is -2.08. The van der Waals surface area contributed by atoms with E-state index in [1.165, 1.54) is 0 Å². The molecule has 0 bridgehead atoms. The van der Waals surface area contributed by atoms with Crippen LogP contribution in [0.25, 0.3) is 0 Å². The molecule has 0 aliphatic heterocycles. The molecule has 0 heterocycles. The minimum absolute atomic E-state index is 0.228. The van der Waals surface area contributed by atoms with Crippen LogP contribution < -0.4 is 10.6 Å². The molecule has 0 aromatic heterocycles. The number of anilines is 1. The van der Waals surface area contributed by atoms with Gasteiger partial charge in [-0.3, -0.25) is 0 Å². The van der Waals surface area contributed by atoms with Crippen molar-refractivity contribution >= 4 is 35.1 Å². The summed E-state index contributed by atoms with van der Waals surface area (Å²) >= 11 is 5.86. The van der Waals surface area contributed by atoms with Crippen LogP contribution in [0, 0.1) is 0 Å². The summed E-state index contributed by atoms with van der Waals surface area (Å²) < 4.78 is 5.03. The third kappa shape index (κ3) is 6.69. The Morgan fingerprint density at radius 3 is 2.52 bits per heavy atom. The smallest absolute Gasteiger partial charge is 0.408 e. The average Bonchev–Trinajstić information content (AvgIpc) is 2.36. The summed E-state index contributed by atoms with van der Waals surface area (Å²) in [7, 11) is 0. The van der Waals surface area contributed by atoms with Crippen LogP contribution >= 0.6 is 11.6 Å². The van der Waals surface area contributed by atoms with Gasteiger partial charge in [-0.25, -0.2) is 14.6 Å². The zero-order valence-corrected chi connectivity index (χ0v) is 14.7. The normalized spacial score (nSPS) is 12.0. The van der Waals surface area contributed by atoms with Crippen LogP contribution in [0.4, 0.5) is 15.3 Å². The summed E-state index contributed by atoms with van der Waals surface area (Å²) in [5.41, 5.74) is 0.166. The second-order valence-corrected chi connectivity index (χ2v) is 6.28. The molecule has 23 heavy (non-hydrogen) atoms. The first-order valence-electron chi connectivity index (χ1n) is 7.21. The molecular weight excluding hydrogens is 318 g/mol. The summed E-state index contributed by atoms with van der Waals surface area (Å²) in [6, 6.07) is 6.21. The van der Waals surface area contributed by atoms with Crippen LogP contribution in [0.1, 0.15) is 34.6 Å². The van der Waals surface area contributed by atoms with Gasteiger partial charge in [-0.1, -0.05) is 17.7 Å². The molecule has 0 saturated heterocycles. The zero-order valence-electron chi connectivity index (χ0n) is 13.9. The molecule has 6 nitrogen and oxygen atoms in total. The number of carbonyl (C=O) groups excluding carboxylic acids is 2. The first kappa shape index (κ1) is 19.0. The summed E-state index contributed by atoms with van der Waals surface area (Å²) in [5, 5.41) is 5.80. The van der Waals surface area contributed by atoms with Gasteiger partial charge in [0, 0.05) is 16.4 Å². The molecule has 1 rings (SSSR count). The van der Waals surface area contributed by atoms with Gasteiger partial charge in [-0.05, 0) is 52.8 Å². The number of hydrogen-bond donors (Lipinski definition) is 2. The number of urea groups is 1. The lowest BCUT2D eigenvalue weighted by atomic mass is 10.00. The van der Waals surface area contributed by atoms with Gasteiger partial charge in [-0.2, -0.15) is 0 Å². The van der Waals surface area contributed by atoms with E-state index in [9.17, 15) is 9.59 Å². The Kier molecular flexibility index (Phi) is 6.57. The van der Waals surface area contributed by atoms with Gasteiger partial charge < -0.3 is 15.4 Å². The lowest BCUT2D eigenvalue weighted by Crippen LogP contribution is -2.49. The molecule has 0 aliphatic carbocycles. The van der Waals surface area contributed by atoms with Gasteiger partial charge in [0.25, 0.3) is 0 Å². The van der Waals surface area contributed by atoms with E-state index in [1.54, 1.807) is 58.9 Å². The Bertz CT molecular complexity index is 612. The summed E-state index contributed by atoms with van der Waals surface area (Å²) in [6.45, 7) is 8.64. The summed E-state index contributed by atoms with van der Waals surface area (Å²) in [6.07, 6.45) is -0.788. The molecule has 0 aliphatic rings. The highest BCUT2D eigenvalue weighted by molar-refractivity contribution is 6.30. The fraction of sp³-hybridized carbons (Fsp3) is 0.438. The van der Waals surface area contributed by atoms with E-state index in [0.29, 0.717) is 16.4 Å². The molecular formula is C16H22ClN3O3. The number of nitrogens with zero attached hydrogens (tertiary/aromatic N) is 1. The third-order valence-corrected chi connectivity index (χ3v) is 3.24. The van der Waals surface area contributed by atoms with Crippen LogP contribution in [-0.4, -0.2) is 29.5 Å². The van der Waals surface area contributed by atoms with Gasteiger partial charge >= 0.3 is 12.1 Å². The van der Waals surface area contributed by atoms with Gasteiger partial charge in [0.15, 0.2) is 0 Å². The second kappa shape index (κ2) is 7.97. The van der Waals surface area contributed by atoms with E-state index in [1.807, 2.05) is 0 Å². The molecule has 0 spiro atoms. The molecule has 126 valence electrons. The first-order valence-corrected chi connectivity index (χ1v) is 7.59. The van der Waals surface area contributed by atoms with E-state index >= 15 is 0 Å². The van der Waals surface area contributed by atoms with Crippen molar-refractivity contribution in [1.82, 2.24) is 5.32 Å². The average molecular weight is 340 g/mol. The summed E-state index contributed by atoms with van der Waals surface area (Å²) in [4.78, 5) is 27.6. The Labute approximate surface area is 141 Å². The first-order chi connectivity index (χ1) is 10.6. The Morgan fingerprint density at radius 1 is 1.30 bits per heavy atom. The van der Waals surface area contributed by atoms with Gasteiger partial charge in [-0.15, -0.1) is 0 Å². The second-order valence-electron chi connectivity index (χ2n) is 5.84. The zero-order chi connectivity index (χ0) is 17.6. The largest absolute Gasteiger partial charge is 0.447 e. The van der Waals surface area contributed by atoms with Crippen molar-refractivity contribution in [2.45, 2.75) is 46.3 Å². The maximum atomic E-state index is 12.0. The molecule has 3 amide bonds. The van der Waals surface area contributed by atoms with Crippen LogP contribution in [0.2, 0.25) is 5.02 Å². The van der Waals surface area contributed by atoms with Crippen LogP contribution in [0.5, 0.6) is 0 Å². The predicted octanol–water partition coefficient (Wildman–Crippen LogP) is 4.25. The number of benzene rings is 1.